The molecular weight excluding hydrogens is 268 g/mol. The number of hydrogen-bond donors (Lipinski definition) is 1. The zero-order chi connectivity index (χ0) is 12.9. The van der Waals surface area contributed by atoms with Gasteiger partial charge in [-0.15, -0.1) is 22.9 Å². The molecule has 1 N–H and O–H groups in total. The lowest BCUT2D eigenvalue weighted by atomic mass is 9.89. The number of nitrogens with one attached hydrogen (secondary N) is 1. The van der Waals surface area contributed by atoms with E-state index in [1.807, 2.05) is 6.92 Å². The SMILES string of the molecule is C[C@@H]1CCc2c(sc3nc([C@@H](C)Cl)[nH]c(=O)c23)C1. The minimum absolute atomic E-state index is 0.0328. The number of hydrogen-bond acceptors (Lipinski definition) is 3. The van der Waals surface area contributed by atoms with Crippen LogP contribution in [-0.4, -0.2) is 9.97 Å². The Morgan fingerprint density at radius 1 is 1.56 bits per heavy atom. The molecule has 3 rings (SSSR count). The molecule has 2 atom stereocenters. The molecule has 0 unspecified atom stereocenters. The molecule has 0 amide bonds. The van der Waals surface area contributed by atoms with E-state index in [0.29, 0.717) is 11.7 Å². The molecule has 0 radical (unpaired) electrons. The summed E-state index contributed by atoms with van der Waals surface area (Å²) >= 11 is 7.66. The average molecular weight is 283 g/mol. The number of thiophene rings is 1. The van der Waals surface area contributed by atoms with Gasteiger partial charge < -0.3 is 4.98 Å². The first-order valence-electron chi connectivity index (χ1n) is 6.24. The molecule has 1 aliphatic rings. The summed E-state index contributed by atoms with van der Waals surface area (Å²) in [5, 5.41) is 0.531. The number of aryl methyl sites for hydroxylation is 1. The van der Waals surface area contributed by atoms with Gasteiger partial charge in [0.1, 0.15) is 10.7 Å². The molecule has 0 fully saturated rings. The Balaban J connectivity index is 2.25. The standard InChI is InChI=1S/C13H15ClN2OS/c1-6-3-4-8-9(5-6)18-13-10(8)12(17)15-11(16-13)7(2)14/h6-7H,3-5H2,1-2H3,(H,15,16,17)/t6-,7-/m1/s1. The summed E-state index contributed by atoms with van der Waals surface area (Å²) in [6.07, 6.45) is 3.23. The number of halogens is 1. The molecule has 2 aromatic heterocycles. The van der Waals surface area contributed by atoms with Crippen LogP contribution < -0.4 is 5.56 Å². The second-order valence-electron chi connectivity index (χ2n) is 5.10. The summed E-state index contributed by atoms with van der Waals surface area (Å²) in [5.41, 5.74) is 1.19. The third kappa shape index (κ3) is 1.88. The minimum atomic E-state index is -0.264. The number of H-pyrrole nitrogens is 1. The van der Waals surface area contributed by atoms with Crippen molar-refractivity contribution in [3.8, 4) is 0 Å². The van der Waals surface area contributed by atoms with Crippen molar-refractivity contribution in [2.45, 2.75) is 38.5 Å². The van der Waals surface area contributed by atoms with Crippen LogP contribution in [0.3, 0.4) is 0 Å². The average Bonchev–Trinajstić information content (AvgIpc) is 2.66. The van der Waals surface area contributed by atoms with Crippen LogP contribution in [0.2, 0.25) is 0 Å². The Morgan fingerprint density at radius 2 is 2.33 bits per heavy atom. The maximum absolute atomic E-state index is 12.2. The molecule has 1 aliphatic carbocycles. The number of rotatable bonds is 1. The van der Waals surface area contributed by atoms with Crippen molar-refractivity contribution < 1.29 is 0 Å². The zero-order valence-electron chi connectivity index (χ0n) is 10.4. The van der Waals surface area contributed by atoms with E-state index in [4.69, 9.17) is 11.6 Å². The normalized spacial score (nSPS) is 20.9. The van der Waals surface area contributed by atoms with Crippen molar-refractivity contribution in [3.63, 3.8) is 0 Å². The maximum atomic E-state index is 12.2. The van der Waals surface area contributed by atoms with Crippen molar-refractivity contribution in [2.75, 3.05) is 0 Å². The van der Waals surface area contributed by atoms with Crippen molar-refractivity contribution in [2.24, 2.45) is 5.92 Å². The summed E-state index contributed by atoms with van der Waals surface area (Å²) in [4.78, 5) is 21.7. The van der Waals surface area contributed by atoms with E-state index in [2.05, 4.69) is 16.9 Å². The van der Waals surface area contributed by atoms with Crippen molar-refractivity contribution in [1.82, 2.24) is 9.97 Å². The van der Waals surface area contributed by atoms with Gasteiger partial charge in [-0.25, -0.2) is 4.98 Å². The Labute approximate surface area is 114 Å². The topological polar surface area (TPSA) is 45.8 Å². The molecule has 18 heavy (non-hydrogen) atoms. The van der Waals surface area contributed by atoms with Gasteiger partial charge in [0.25, 0.3) is 5.56 Å². The third-order valence-electron chi connectivity index (χ3n) is 3.56. The third-order valence-corrected chi connectivity index (χ3v) is 4.92. The van der Waals surface area contributed by atoms with Crippen molar-refractivity contribution in [3.05, 3.63) is 26.6 Å². The summed E-state index contributed by atoms with van der Waals surface area (Å²) < 4.78 is 0. The summed E-state index contributed by atoms with van der Waals surface area (Å²) in [6, 6.07) is 0. The highest BCUT2D eigenvalue weighted by molar-refractivity contribution is 7.18. The first-order valence-corrected chi connectivity index (χ1v) is 7.50. The number of nitrogens with zero attached hydrogens (tertiary/aromatic N) is 1. The summed E-state index contributed by atoms with van der Waals surface area (Å²) in [5.74, 6) is 1.27. The Hall–Kier alpha value is -0.870. The van der Waals surface area contributed by atoms with E-state index < -0.39 is 0 Å². The Morgan fingerprint density at radius 3 is 3.06 bits per heavy atom. The lowest BCUT2D eigenvalue weighted by Crippen LogP contribution is -2.14. The van der Waals surface area contributed by atoms with Crippen LogP contribution in [0.1, 0.15) is 41.9 Å². The quantitative estimate of drug-likeness (QED) is 0.815. The highest BCUT2D eigenvalue weighted by Gasteiger charge is 2.23. The molecule has 0 bridgehead atoms. The van der Waals surface area contributed by atoms with Gasteiger partial charge in [-0.3, -0.25) is 4.79 Å². The molecule has 5 heteroatoms. The molecule has 0 aliphatic heterocycles. The molecule has 96 valence electrons. The molecule has 0 saturated carbocycles. The first kappa shape index (κ1) is 12.2. The Bertz CT molecular complexity index is 659. The van der Waals surface area contributed by atoms with E-state index >= 15 is 0 Å². The zero-order valence-corrected chi connectivity index (χ0v) is 12.0. The van der Waals surface area contributed by atoms with Crippen LogP contribution in [0.25, 0.3) is 10.2 Å². The predicted octanol–water partition coefficient (Wildman–Crippen LogP) is 3.41. The van der Waals surface area contributed by atoms with E-state index in [9.17, 15) is 4.79 Å². The smallest absolute Gasteiger partial charge is 0.259 e. The minimum Gasteiger partial charge on any atom is -0.309 e. The number of aromatic nitrogens is 2. The van der Waals surface area contributed by atoms with Crippen LogP contribution in [0.15, 0.2) is 4.79 Å². The lowest BCUT2D eigenvalue weighted by Gasteiger charge is -2.17. The fourth-order valence-electron chi connectivity index (χ4n) is 2.55. The monoisotopic (exact) mass is 282 g/mol. The Kier molecular flexibility index (Phi) is 2.94. The van der Waals surface area contributed by atoms with Gasteiger partial charge in [-0.05, 0) is 37.7 Å². The van der Waals surface area contributed by atoms with Gasteiger partial charge in [0.2, 0.25) is 0 Å². The predicted molar refractivity (Wildman–Crippen MR) is 75.7 cm³/mol. The van der Waals surface area contributed by atoms with Crippen LogP contribution >= 0.6 is 22.9 Å². The van der Waals surface area contributed by atoms with Gasteiger partial charge in [0.15, 0.2) is 0 Å². The fraction of sp³-hybridized carbons (Fsp3) is 0.538. The van der Waals surface area contributed by atoms with Crippen molar-refractivity contribution in [1.29, 1.82) is 0 Å². The lowest BCUT2D eigenvalue weighted by molar-refractivity contribution is 0.509. The molecule has 0 aromatic carbocycles. The highest BCUT2D eigenvalue weighted by Crippen LogP contribution is 2.35. The fourth-order valence-corrected chi connectivity index (χ4v) is 4.05. The van der Waals surface area contributed by atoms with E-state index in [0.717, 1.165) is 29.5 Å². The number of fused-ring (bicyclic) bond motifs is 3. The molecule has 2 aromatic rings. The molecule has 2 heterocycles. The second kappa shape index (κ2) is 4.35. The van der Waals surface area contributed by atoms with Crippen LogP contribution in [0, 0.1) is 5.92 Å². The highest BCUT2D eigenvalue weighted by atomic mass is 35.5. The van der Waals surface area contributed by atoms with E-state index in [1.54, 1.807) is 11.3 Å². The molecule has 3 nitrogen and oxygen atoms in total. The van der Waals surface area contributed by atoms with Gasteiger partial charge in [0, 0.05) is 4.88 Å². The first-order chi connectivity index (χ1) is 8.56. The number of alkyl halides is 1. The van der Waals surface area contributed by atoms with Crippen LogP contribution in [-0.2, 0) is 12.8 Å². The van der Waals surface area contributed by atoms with Crippen molar-refractivity contribution >= 4 is 33.2 Å². The van der Waals surface area contributed by atoms with Gasteiger partial charge in [-0.2, -0.15) is 0 Å². The number of aromatic amines is 1. The largest absolute Gasteiger partial charge is 0.309 e. The maximum Gasteiger partial charge on any atom is 0.259 e. The van der Waals surface area contributed by atoms with Gasteiger partial charge >= 0.3 is 0 Å². The molecular formula is C13H15ClN2OS. The second-order valence-corrected chi connectivity index (χ2v) is 6.84. The van der Waals surface area contributed by atoms with Crippen LogP contribution in [0.5, 0.6) is 0 Å². The van der Waals surface area contributed by atoms with E-state index in [-0.39, 0.29) is 10.9 Å². The van der Waals surface area contributed by atoms with Gasteiger partial charge in [0.05, 0.1) is 10.8 Å². The summed E-state index contributed by atoms with van der Waals surface area (Å²) in [6.45, 7) is 4.08. The van der Waals surface area contributed by atoms with Gasteiger partial charge in [-0.1, -0.05) is 6.92 Å². The van der Waals surface area contributed by atoms with Crippen LogP contribution in [0.4, 0.5) is 0 Å². The summed E-state index contributed by atoms with van der Waals surface area (Å²) in [7, 11) is 0. The molecule has 0 saturated heterocycles. The molecule has 0 spiro atoms. The van der Waals surface area contributed by atoms with E-state index in [1.165, 1.54) is 10.4 Å².